The predicted molar refractivity (Wildman–Crippen MR) is 84.8 cm³/mol. The van der Waals surface area contributed by atoms with Gasteiger partial charge in [-0.2, -0.15) is 5.10 Å². The van der Waals surface area contributed by atoms with E-state index in [1.807, 2.05) is 16.8 Å². The number of benzene rings is 1. The molecule has 1 fully saturated rings. The van der Waals surface area contributed by atoms with Gasteiger partial charge in [-0.05, 0) is 63.1 Å². The normalized spacial score (nSPS) is 20.9. The molecule has 1 unspecified atom stereocenters. The molecular formula is C18H22FN3. The van der Waals surface area contributed by atoms with Gasteiger partial charge in [0, 0.05) is 17.2 Å². The van der Waals surface area contributed by atoms with E-state index in [4.69, 9.17) is 10.8 Å². The SMILES string of the molecule is NCCC1CCCc2c1c(C1CC1)nn2-c1ccccc1F. The number of para-hydroxylation sites is 1. The maximum absolute atomic E-state index is 14.2. The van der Waals surface area contributed by atoms with Crippen molar-refractivity contribution in [3.63, 3.8) is 0 Å². The lowest BCUT2D eigenvalue weighted by Gasteiger charge is -2.24. The van der Waals surface area contributed by atoms with Crippen LogP contribution in [0.25, 0.3) is 5.69 Å². The molecule has 4 rings (SSSR count). The average Bonchev–Trinajstić information content (AvgIpc) is 3.30. The monoisotopic (exact) mass is 299 g/mol. The average molecular weight is 299 g/mol. The lowest BCUT2D eigenvalue weighted by molar-refractivity contribution is 0.513. The first-order valence-corrected chi connectivity index (χ1v) is 8.36. The van der Waals surface area contributed by atoms with Crippen molar-refractivity contribution in [1.82, 2.24) is 9.78 Å². The van der Waals surface area contributed by atoms with E-state index in [0.29, 0.717) is 24.1 Å². The second kappa shape index (κ2) is 5.51. The van der Waals surface area contributed by atoms with Gasteiger partial charge in [-0.25, -0.2) is 9.07 Å². The summed E-state index contributed by atoms with van der Waals surface area (Å²) in [6.45, 7) is 0.707. The minimum atomic E-state index is -0.198. The van der Waals surface area contributed by atoms with Gasteiger partial charge in [0.2, 0.25) is 0 Å². The molecule has 2 aliphatic rings. The molecule has 1 saturated carbocycles. The van der Waals surface area contributed by atoms with E-state index in [-0.39, 0.29) is 5.82 Å². The topological polar surface area (TPSA) is 43.8 Å². The van der Waals surface area contributed by atoms with Crippen LogP contribution in [0.3, 0.4) is 0 Å². The quantitative estimate of drug-likeness (QED) is 0.936. The standard InChI is InChI=1S/C18H22FN3/c19-14-5-1-2-6-15(14)22-16-7-3-4-12(10-11-20)17(16)18(21-22)13-8-9-13/h1-2,5-6,12-13H,3-4,7-11,20H2. The van der Waals surface area contributed by atoms with Crippen LogP contribution in [0.1, 0.15) is 60.9 Å². The number of rotatable bonds is 4. The fraction of sp³-hybridized carbons (Fsp3) is 0.500. The summed E-state index contributed by atoms with van der Waals surface area (Å²) in [5.74, 6) is 0.890. The van der Waals surface area contributed by atoms with Gasteiger partial charge in [0.1, 0.15) is 11.5 Å². The van der Waals surface area contributed by atoms with Crippen LogP contribution in [-0.2, 0) is 6.42 Å². The molecule has 1 aromatic heterocycles. The smallest absolute Gasteiger partial charge is 0.148 e. The maximum atomic E-state index is 14.2. The van der Waals surface area contributed by atoms with E-state index in [0.717, 1.165) is 19.3 Å². The number of hydrogen-bond donors (Lipinski definition) is 1. The van der Waals surface area contributed by atoms with Crippen LogP contribution in [0.15, 0.2) is 24.3 Å². The number of hydrogen-bond acceptors (Lipinski definition) is 2. The third-order valence-electron chi connectivity index (χ3n) is 4.98. The van der Waals surface area contributed by atoms with Gasteiger partial charge >= 0.3 is 0 Å². The highest BCUT2D eigenvalue weighted by Gasteiger charge is 2.36. The molecule has 4 heteroatoms. The summed E-state index contributed by atoms with van der Waals surface area (Å²) < 4.78 is 16.1. The summed E-state index contributed by atoms with van der Waals surface area (Å²) in [5, 5.41) is 4.85. The molecule has 1 aromatic carbocycles. The molecule has 3 nitrogen and oxygen atoms in total. The van der Waals surface area contributed by atoms with Gasteiger partial charge in [-0.3, -0.25) is 0 Å². The lowest BCUT2D eigenvalue weighted by atomic mass is 9.82. The minimum absolute atomic E-state index is 0.198. The van der Waals surface area contributed by atoms with Crippen LogP contribution in [0, 0.1) is 5.82 Å². The Bertz CT molecular complexity index is 688. The van der Waals surface area contributed by atoms with Crippen molar-refractivity contribution in [2.45, 2.75) is 50.4 Å². The summed E-state index contributed by atoms with van der Waals surface area (Å²) in [4.78, 5) is 0. The number of halogens is 1. The third-order valence-corrected chi connectivity index (χ3v) is 4.98. The van der Waals surface area contributed by atoms with Gasteiger partial charge in [0.05, 0.1) is 5.69 Å². The molecule has 1 atom stereocenters. The number of nitrogens with zero attached hydrogens (tertiary/aromatic N) is 2. The minimum Gasteiger partial charge on any atom is -0.330 e. The highest BCUT2D eigenvalue weighted by atomic mass is 19.1. The van der Waals surface area contributed by atoms with E-state index in [9.17, 15) is 4.39 Å². The largest absolute Gasteiger partial charge is 0.330 e. The van der Waals surface area contributed by atoms with E-state index in [1.54, 1.807) is 6.07 Å². The Balaban J connectivity index is 1.87. The molecular weight excluding hydrogens is 277 g/mol. The molecule has 22 heavy (non-hydrogen) atoms. The second-order valence-electron chi connectivity index (χ2n) is 6.55. The molecule has 0 bridgehead atoms. The molecule has 0 spiro atoms. The third kappa shape index (κ3) is 2.26. The van der Waals surface area contributed by atoms with Crippen molar-refractivity contribution in [2.24, 2.45) is 5.73 Å². The molecule has 0 aliphatic heterocycles. The van der Waals surface area contributed by atoms with Gasteiger partial charge in [-0.15, -0.1) is 0 Å². The Labute approximate surface area is 130 Å². The van der Waals surface area contributed by atoms with Crippen LogP contribution >= 0.6 is 0 Å². The molecule has 0 radical (unpaired) electrons. The Morgan fingerprint density at radius 2 is 2.05 bits per heavy atom. The van der Waals surface area contributed by atoms with Crippen molar-refractivity contribution < 1.29 is 4.39 Å². The molecule has 0 amide bonds. The molecule has 0 saturated heterocycles. The number of aromatic nitrogens is 2. The van der Waals surface area contributed by atoms with Crippen molar-refractivity contribution in [3.05, 3.63) is 47.0 Å². The summed E-state index contributed by atoms with van der Waals surface area (Å²) >= 11 is 0. The van der Waals surface area contributed by atoms with Crippen LogP contribution in [0.2, 0.25) is 0 Å². The fourth-order valence-electron chi connectivity index (χ4n) is 3.80. The highest BCUT2D eigenvalue weighted by Crippen LogP contribution is 2.47. The van der Waals surface area contributed by atoms with E-state index in [2.05, 4.69) is 0 Å². The summed E-state index contributed by atoms with van der Waals surface area (Å²) in [5.41, 5.74) is 10.2. The van der Waals surface area contributed by atoms with Crippen LogP contribution in [-0.4, -0.2) is 16.3 Å². The van der Waals surface area contributed by atoms with Crippen LogP contribution in [0.4, 0.5) is 4.39 Å². The predicted octanol–water partition coefficient (Wildman–Crippen LogP) is 3.66. The maximum Gasteiger partial charge on any atom is 0.148 e. The van der Waals surface area contributed by atoms with Crippen molar-refractivity contribution in [2.75, 3.05) is 6.54 Å². The van der Waals surface area contributed by atoms with Gasteiger partial charge in [0.15, 0.2) is 0 Å². The lowest BCUT2D eigenvalue weighted by Crippen LogP contribution is -2.16. The van der Waals surface area contributed by atoms with Crippen molar-refractivity contribution >= 4 is 0 Å². The van der Waals surface area contributed by atoms with Crippen molar-refractivity contribution in [1.29, 1.82) is 0 Å². The molecule has 116 valence electrons. The number of fused-ring (bicyclic) bond motifs is 1. The fourth-order valence-corrected chi connectivity index (χ4v) is 3.80. The first-order valence-electron chi connectivity index (χ1n) is 8.36. The van der Waals surface area contributed by atoms with E-state index >= 15 is 0 Å². The van der Waals surface area contributed by atoms with Gasteiger partial charge < -0.3 is 5.73 Å². The highest BCUT2D eigenvalue weighted by molar-refractivity contribution is 5.43. The first kappa shape index (κ1) is 13.9. The summed E-state index contributed by atoms with van der Waals surface area (Å²) in [6, 6.07) is 6.95. The van der Waals surface area contributed by atoms with Gasteiger partial charge in [-0.1, -0.05) is 12.1 Å². The molecule has 2 aromatic rings. The first-order chi connectivity index (χ1) is 10.8. The molecule has 2 aliphatic carbocycles. The summed E-state index contributed by atoms with van der Waals surface area (Å²) in [7, 11) is 0. The molecule has 1 heterocycles. The molecule has 2 N–H and O–H groups in total. The summed E-state index contributed by atoms with van der Waals surface area (Å²) in [6.07, 6.45) is 6.76. The van der Waals surface area contributed by atoms with E-state index in [1.165, 1.54) is 42.3 Å². The van der Waals surface area contributed by atoms with Crippen molar-refractivity contribution in [3.8, 4) is 5.69 Å². The Morgan fingerprint density at radius 1 is 1.23 bits per heavy atom. The van der Waals surface area contributed by atoms with Crippen LogP contribution in [0.5, 0.6) is 0 Å². The second-order valence-corrected chi connectivity index (χ2v) is 6.55. The van der Waals surface area contributed by atoms with Gasteiger partial charge in [0.25, 0.3) is 0 Å². The Kier molecular flexibility index (Phi) is 3.49. The zero-order valence-electron chi connectivity index (χ0n) is 12.8. The number of nitrogens with two attached hydrogens (primary N) is 1. The van der Waals surface area contributed by atoms with Crippen LogP contribution < -0.4 is 5.73 Å². The van der Waals surface area contributed by atoms with E-state index < -0.39 is 0 Å². The Hall–Kier alpha value is -1.68. The zero-order chi connectivity index (χ0) is 15.1. The zero-order valence-corrected chi connectivity index (χ0v) is 12.8. The Morgan fingerprint density at radius 3 is 2.77 bits per heavy atom.